The first-order valence-corrected chi connectivity index (χ1v) is 4.92. The Morgan fingerprint density at radius 1 is 1.50 bits per heavy atom. The SMILES string of the molecule is CCN(CCCCOC)CC(N)=NO. The van der Waals surface area contributed by atoms with Gasteiger partial charge in [0.25, 0.3) is 0 Å². The number of hydrogen-bond donors (Lipinski definition) is 2. The minimum Gasteiger partial charge on any atom is -0.409 e. The van der Waals surface area contributed by atoms with Gasteiger partial charge in [0.15, 0.2) is 5.84 Å². The number of hydrogen-bond acceptors (Lipinski definition) is 4. The molecule has 5 heteroatoms. The molecular weight excluding hydrogens is 182 g/mol. The van der Waals surface area contributed by atoms with Crippen molar-refractivity contribution in [1.82, 2.24) is 4.90 Å². The average molecular weight is 203 g/mol. The summed E-state index contributed by atoms with van der Waals surface area (Å²) < 4.78 is 4.95. The molecule has 0 radical (unpaired) electrons. The van der Waals surface area contributed by atoms with Crippen molar-refractivity contribution in [3.8, 4) is 0 Å². The summed E-state index contributed by atoms with van der Waals surface area (Å²) in [5.74, 6) is 0.263. The van der Waals surface area contributed by atoms with E-state index >= 15 is 0 Å². The second kappa shape index (κ2) is 8.77. The minimum absolute atomic E-state index is 0.263. The van der Waals surface area contributed by atoms with Crippen LogP contribution in [0, 0.1) is 0 Å². The monoisotopic (exact) mass is 203 g/mol. The topological polar surface area (TPSA) is 71.1 Å². The highest BCUT2D eigenvalue weighted by Crippen LogP contribution is 1.95. The molecule has 0 aliphatic rings. The fraction of sp³-hybridized carbons (Fsp3) is 0.889. The van der Waals surface area contributed by atoms with Crippen molar-refractivity contribution in [2.24, 2.45) is 10.9 Å². The van der Waals surface area contributed by atoms with Crippen LogP contribution in [0.25, 0.3) is 0 Å². The standard InChI is InChI=1S/C9H21N3O2/c1-3-12(8-9(10)11-13)6-4-5-7-14-2/h13H,3-8H2,1-2H3,(H2,10,11). The molecule has 0 rings (SSSR count). The normalized spacial score (nSPS) is 12.4. The Kier molecular flexibility index (Phi) is 8.27. The molecule has 84 valence electrons. The van der Waals surface area contributed by atoms with E-state index in [-0.39, 0.29) is 5.84 Å². The van der Waals surface area contributed by atoms with E-state index in [1.165, 1.54) is 0 Å². The highest BCUT2D eigenvalue weighted by molar-refractivity contribution is 5.81. The molecule has 0 aliphatic carbocycles. The summed E-state index contributed by atoms with van der Waals surface area (Å²) in [6.07, 6.45) is 2.11. The lowest BCUT2D eigenvalue weighted by Gasteiger charge is -2.18. The van der Waals surface area contributed by atoms with Crippen LogP contribution in [-0.2, 0) is 4.74 Å². The van der Waals surface area contributed by atoms with Crippen LogP contribution < -0.4 is 5.73 Å². The fourth-order valence-electron chi connectivity index (χ4n) is 1.19. The first kappa shape index (κ1) is 13.2. The first-order valence-electron chi connectivity index (χ1n) is 4.92. The third kappa shape index (κ3) is 6.68. The van der Waals surface area contributed by atoms with Gasteiger partial charge < -0.3 is 15.7 Å². The van der Waals surface area contributed by atoms with Gasteiger partial charge in [0.2, 0.25) is 0 Å². The Labute approximate surface area is 85.5 Å². The lowest BCUT2D eigenvalue weighted by atomic mass is 10.3. The van der Waals surface area contributed by atoms with Gasteiger partial charge in [-0.25, -0.2) is 0 Å². The van der Waals surface area contributed by atoms with Gasteiger partial charge in [-0.2, -0.15) is 0 Å². The Bertz CT molecular complexity index is 162. The second-order valence-corrected chi connectivity index (χ2v) is 3.16. The molecule has 5 nitrogen and oxygen atoms in total. The van der Waals surface area contributed by atoms with Gasteiger partial charge in [0.1, 0.15) is 0 Å². The Hall–Kier alpha value is -0.810. The van der Waals surface area contributed by atoms with Crippen LogP contribution in [0.2, 0.25) is 0 Å². The molecule has 14 heavy (non-hydrogen) atoms. The van der Waals surface area contributed by atoms with Crippen molar-refractivity contribution >= 4 is 5.84 Å². The smallest absolute Gasteiger partial charge is 0.153 e. The molecule has 0 heterocycles. The Morgan fingerprint density at radius 3 is 2.71 bits per heavy atom. The van der Waals surface area contributed by atoms with Crippen LogP contribution >= 0.6 is 0 Å². The summed E-state index contributed by atoms with van der Waals surface area (Å²) >= 11 is 0. The zero-order valence-electron chi connectivity index (χ0n) is 9.07. The number of nitrogens with zero attached hydrogens (tertiary/aromatic N) is 2. The molecule has 0 saturated carbocycles. The van der Waals surface area contributed by atoms with E-state index in [4.69, 9.17) is 15.7 Å². The number of amidine groups is 1. The maximum atomic E-state index is 8.41. The van der Waals surface area contributed by atoms with Gasteiger partial charge in [-0.1, -0.05) is 12.1 Å². The van der Waals surface area contributed by atoms with Crippen molar-refractivity contribution in [2.45, 2.75) is 19.8 Å². The summed E-state index contributed by atoms with van der Waals surface area (Å²) in [5.41, 5.74) is 5.41. The van der Waals surface area contributed by atoms with Crippen molar-refractivity contribution < 1.29 is 9.94 Å². The number of nitrogens with two attached hydrogens (primary N) is 1. The van der Waals surface area contributed by atoms with E-state index in [1.807, 2.05) is 0 Å². The average Bonchev–Trinajstić information content (AvgIpc) is 2.22. The highest BCUT2D eigenvalue weighted by atomic mass is 16.5. The van der Waals surface area contributed by atoms with Crippen LogP contribution in [0.1, 0.15) is 19.8 Å². The van der Waals surface area contributed by atoms with Gasteiger partial charge in [-0.05, 0) is 25.9 Å². The summed E-state index contributed by atoms with van der Waals surface area (Å²) in [7, 11) is 1.70. The molecule has 0 atom stereocenters. The molecule has 0 amide bonds. The summed E-state index contributed by atoms with van der Waals surface area (Å²) in [6, 6.07) is 0. The summed E-state index contributed by atoms with van der Waals surface area (Å²) in [4.78, 5) is 2.13. The Morgan fingerprint density at radius 2 is 2.21 bits per heavy atom. The molecule has 0 aromatic heterocycles. The molecule has 0 saturated heterocycles. The zero-order valence-corrected chi connectivity index (χ0v) is 9.07. The second-order valence-electron chi connectivity index (χ2n) is 3.16. The lowest BCUT2D eigenvalue weighted by molar-refractivity contribution is 0.186. The number of oxime groups is 1. The van der Waals surface area contributed by atoms with Gasteiger partial charge in [0, 0.05) is 13.7 Å². The number of unbranched alkanes of at least 4 members (excludes halogenated alkanes) is 1. The van der Waals surface area contributed by atoms with Crippen molar-refractivity contribution in [2.75, 3.05) is 33.4 Å². The van der Waals surface area contributed by atoms with Gasteiger partial charge in [-0.3, -0.25) is 4.90 Å². The van der Waals surface area contributed by atoms with Gasteiger partial charge in [0.05, 0.1) is 6.54 Å². The predicted octanol–water partition coefficient (Wildman–Crippen LogP) is 0.481. The predicted molar refractivity (Wildman–Crippen MR) is 56.6 cm³/mol. The van der Waals surface area contributed by atoms with Crippen LogP contribution in [0.3, 0.4) is 0 Å². The Balaban J connectivity index is 3.58. The summed E-state index contributed by atoms with van der Waals surface area (Å²) in [5, 5.41) is 11.4. The fourth-order valence-corrected chi connectivity index (χ4v) is 1.19. The van der Waals surface area contributed by atoms with Crippen LogP contribution in [0.15, 0.2) is 5.16 Å². The van der Waals surface area contributed by atoms with E-state index in [2.05, 4.69) is 17.0 Å². The zero-order chi connectivity index (χ0) is 10.8. The van der Waals surface area contributed by atoms with E-state index in [0.717, 1.165) is 32.5 Å². The highest BCUT2D eigenvalue weighted by Gasteiger charge is 2.04. The van der Waals surface area contributed by atoms with E-state index in [0.29, 0.717) is 6.54 Å². The number of rotatable bonds is 8. The molecular formula is C9H21N3O2. The number of likely N-dealkylation sites (N-methyl/N-ethyl adjacent to an activating group) is 1. The first-order chi connectivity index (χ1) is 6.74. The molecule has 0 bridgehead atoms. The van der Waals surface area contributed by atoms with E-state index < -0.39 is 0 Å². The van der Waals surface area contributed by atoms with Crippen LogP contribution in [0.4, 0.5) is 0 Å². The molecule has 0 aromatic rings. The molecule has 0 fully saturated rings. The number of ether oxygens (including phenoxy) is 1. The minimum atomic E-state index is 0.263. The third-order valence-corrected chi connectivity index (χ3v) is 2.03. The van der Waals surface area contributed by atoms with Crippen LogP contribution in [0.5, 0.6) is 0 Å². The van der Waals surface area contributed by atoms with Crippen LogP contribution in [-0.4, -0.2) is 49.3 Å². The lowest BCUT2D eigenvalue weighted by Crippen LogP contribution is -2.34. The largest absolute Gasteiger partial charge is 0.409 e. The molecule has 3 N–H and O–H groups in total. The van der Waals surface area contributed by atoms with E-state index in [9.17, 15) is 0 Å². The van der Waals surface area contributed by atoms with Crippen molar-refractivity contribution in [3.05, 3.63) is 0 Å². The summed E-state index contributed by atoms with van der Waals surface area (Å²) in [6.45, 7) is 5.24. The maximum absolute atomic E-state index is 8.41. The van der Waals surface area contributed by atoms with Gasteiger partial charge in [-0.15, -0.1) is 0 Å². The van der Waals surface area contributed by atoms with E-state index in [1.54, 1.807) is 7.11 Å². The van der Waals surface area contributed by atoms with Crippen molar-refractivity contribution in [1.29, 1.82) is 0 Å². The maximum Gasteiger partial charge on any atom is 0.153 e. The molecule has 0 unspecified atom stereocenters. The van der Waals surface area contributed by atoms with Crippen molar-refractivity contribution in [3.63, 3.8) is 0 Å². The number of methoxy groups -OCH3 is 1. The van der Waals surface area contributed by atoms with Gasteiger partial charge >= 0.3 is 0 Å². The molecule has 0 aromatic carbocycles. The molecule has 0 spiro atoms. The molecule has 0 aliphatic heterocycles. The third-order valence-electron chi connectivity index (χ3n) is 2.03. The quantitative estimate of drug-likeness (QED) is 0.198.